The molecule has 0 spiro atoms. The Morgan fingerprint density at radius 2 is 1.79 bits per heavy atom. The van der Waals surface area contributed by atoms with Crippen LogP contribution in [-0.4, -0.2) is 4.98 Å². The van der Waals surface area contributed by atoms with Crippen LogP contribution in [0.2, 0.25) is 5.22 Å². The summed E-state index contributed by atoms with van der Waals surface area (Å²) >= 11 is 5.63. The van der Waals surface area contributed by atoms with Gasteiger partial charge in [0, 0.05) is 11.6 Å². The minimum Gasteiger partial charge on any atom is -0.437 e. The Morgan fingerprint density at radius 3 is 2.53 bits per heavy atom. The third kappa shape index (κ3) is 2.04. The van der Waals surface area contributed by atoms with Crippen LogP contribution >= 0.6 is 11.6 Å². The smallest absolute Gasteiger partial charge is 0.353 e. The zero-order valence-corrected chi connectivity index (χ0v) is 10.2. The lowest BCUT2D eigenvalue weighted by Crippen LogP contribution is -2.15. The average Bonchev–Trinajstić information content (AvgIpc) is 2.38. The van der Waals surface area contributed by atoms with Crippen LogP contribution in [0.4, 0.5) is 0 Å². The predicted octanol–water partition coefficient (Wildman–Crippen LogP) is 2.46. The molecule has 3 rings (SSSR count). The molecule has 0 unspecified atom stereocenters. The number of nitrogens with zero attached hydrogens (tertiary/aromatic N) is 1. The molecule has 0 saturated heterocycles. The molecule has 2 aromatic heterocycles. The quantitative estimate of drug-likeness (QED) is 0.682. The van der Waals surface area contributed by atoms with Gasteiger partial charge in [-0.3, -0.25) is 4.79 Å². The van der Waals surface area contributed by atoms with E-state index < -0.39 is 11.2 Å². The molecular weight excluding hydrogens is 270 g/mol. The van der Waals surface area contributed by atoms with Crippen molar-refractivity contribution < 1.29 is 8.83 Å². The lowest BCUT2D eigenvalue weighted by Gasteiger charge is -2.01. The van der Waals surface area contributed by atoms with Gasteiger partial charge in [-0.05, 0) is 23.7 Å². The molecule has 0 fully saturated rings. The summed E-state index contributed by atoms with van der Waals surface area (Å²) in [7, 11) is 0. The van der Waals surface area contributed by atoms with Crippen molar-refractivity contribution >= 4 is 22.6 Å². The van der Waals surface area contributed by atoms with Gasteiger partial charge in [0.05, 0.1) is 0 Å². The fraction of sp³-hybridized carbons (Fsp3) is 0. The van der Waals surface area contributed by atoms with Crippen molar-refractivity contribution in [1.82, 2.24) is 4.98 Å². The Morgan fingerprint density at radius 1 is 1.05 bits per heavy atom. The molecule has 0 saturated carbocycles. The van der Waals surface area contributed by atoms with Crippen molar-refractivity contribution in [1.29, 1.82) is 0 Å². The number of aromatic nitrogens is 1. The zero-order valence-electron chi connectivity index (χ0n) is 9.42. The largest absolute Gasteiger partial charge is 0.437 e. The van der Waals surface area contributed by atoms with Crippen LogP contribution in [0.5, 0.6) is 0 Å². The van der Waals surface area contributed by atoms with E-state index in [1.807, 2.05) is 6.07 Å². The van der Waals surface area contributed by atoms with E-state index in [1.54, 1.807) is 24.3 Å². The van der Waals surface area contributed by atoms with Gasteiger partial charge in [-0.25, -0.2) is 4.79 Å². The maximum atomic E-state index is 11.8. The Kier molecular flexibility index (Phi) is 2.68. The third-order valence-corrected chi connectivity index (χ3v) is 2.72. The van der Waals surface area contributed by atoms with Gasteiger partial charge in [0.15, 0.2) is 11.0 Å². The fourth-order valence-electron chi connectivity index (χ4n) is 1.70. The maximum Gasteiger partial charge on any atom is 0.353 e. The van der Waals surface area contributed by atoms with Gasteiger partial charge in [0.25, 0.3) is 5.56 Å². The number of hydrogen-bond donors (Lipinski definition) is 0. The highest BCUT2D eigenvalue weighted by Gasteiger charge is 2.13. The highest BCUT2D eigenvalue weighted by molar-refractivity contribution is 6.29. The van der Waals surface area contributed by atoms with Gasteiger partial charge in [0.2, 0.25) is 11.1 Å². The van der Waals surface area contributed by atoms with Crippen molar-refractivity contribution in [3.63, 3.8) is 0 Å². The molecule has 1 aromatic carbocycles. The van der Waals surface area contributed by atoms with Crippen LogP contribution in [0.25, 0.3) is 22.4 Å². The summed E-state index contributed by atoms with van der Waals surface area (Å²) in [6.45, 7) is 0. The van der Waals surface area contributed by atoms with E-state index in [0.29, 0.717) is 5.56 Å². The van der Waals surface area contributed by atoms with E-state index in [4.69, 9.17) is 16.0 Å². The van der Waals surface area contributed by atoms with Crippen LogP contribution in [0, 0.1) is 0 Å². The van der Waals surface area contributed by atoms with Gasteiger partial charge in [-0.2, -0.15) is 4.98 Å². The summed E-state index contributed by atoms with van der Waals surface area (Å²) in [5.41, 5.74) is -0.875. The monoisotopic (exact) mass is 275 g/mol. The number of fused-ring (bicyclic) bond motifs is 1. The molecule has 0 bridgehead atoms. The Balaban J connectivity index is 2.37. The number of rotatable bonds is 1. The third-order valence-electron chi connectivity index (χ3n) is 2.53. The van der Waals surface area contributed by atoms with Gasteiger partial charge in [-0.1, -0.05) is 18.2 Å². The molecule has 6 heteroatoms. The summed E-state index contributed by atoms with van der Waals surface area (Å²) < 4.78 is 10.1. The summed E-state index contributed by atoms with van der Waals surface area (Å²) in [6, 6.07) is 10.2. The zero-order chi connectivity index (χ0) is 13.4. The predicted molar refractivity (Wildman–Crippen MR) is 69.3 cm³/mol. The van der Waals surface area contributed by atoms with E-state index in [0.717, 1.165) is 0 Å². The van der Waals surface area contributed by atoms with Crippen LogP contribution in [0.15, 0.2) is 54.8 Å². The van der Waals surface area contributed by atoms with Crippen molar-refractivity contribution in [3.05, 3.63) is 62.4 Å². The molecule has 0 amide bonds. The van der Waals surface area contributed by atoms with Crippen LogP contribution in [0.3, 0.4) is 0 Å². The lowest BCUT2D eigenvalue weighted by atomic mass is 10.2. The molecule has 0 aliphatic carbocycles. The molecular formula is C13H6ClNO4. The molecule has 0 aliphatic rings. The average molecular weight is 276 g/mol. The molecule has 19 heavy (non-hydrogen) atoms. The van der Waals surface area contributed by atoms with Crippen LogP contribution in [-0.2, 0) is 0 Å². The van der Waals surface area contributed by atoms with Crippen molar-refractivity contribution in [2.24, 2.45) is 0 Å². The number of hydrogen-bond acceptors (Lipinski definition) is 5. The van der Waals surface area contributed by atoms with Crippen molar-refractivity contribution in [2.45, 2.75) is 0 Å². The molecule has 0 radical (unpaired) electrons. The van der Waals surface area contributed by atoms with E-state index in [9.17, 15) is 9.59 Å². The lowest BCUT2D eigenvalue weighted by molar-refractivity contribution is 0.510. The van der Waals surface area contributed by atoms with E-state index in [-0.39, 0.29) is 22.1 Å². The minimum atomic E-state index is -0.858. The Hall–Kier alpha value is -2.40. The standard InChI is InChI=1S/C13H6ClNO4/c14-9-6-8-10(13(17)19-9)11(16)15-12(18-8)7-4-2-1-3-5-7/h1-6H. The Labute approximate surface area is 111 Å². The molecule has 94 valence electrons. The van der Waals surface area contributed by atoms with Gasteiger partial charge in [0.1, 0.15) is 0 Å². The molecule has 0 atom stereocenters. The fourth-order valence-corrected chi connectivity index (χ4v) is 1.87. The normalized spacial score (nSPS) is 10.8. The van der Waals surface area contributed by atoms with E-state index in [1.165, 1.54) is 6.07 Å². The number of halogens is 1. The molecule has 5 nitrogen and oxygen atoms in total. The van der Waals surface area contributed by atoms with E-state index >= 15 is 0 Å². The molecule has 0 aliphatic heterocycles. The van der Waals surface area contributed by atoms with Crippen molar-refractivity contribution in [2.75, 3.05) is 0 Å². The van der Waals surface area contributed by atoms with Crippen LogP contribution in [0.1, 0.15) is 0 Å². The first-order valence-electron chi connectivity index (χ1n) is 5.35. The molecule has 3 aromatic rings. The summed E-state index contributed by atoms with van der Waals surface area (Å²) in [5.74, 6) is 0.125. The second-order valence-electron chi connectivity index (χ2n) is 3.77. The summed E-state index contributed by atoms with van der Waals surface area (Å²) in [6.07, 6.45) is 0. The van der Waals surface area contributed by atoms with Gasteiger partial charge >= 0.3 is 5.63 Å². The van der Waals surface area contributed by atoms with Crippen LogP contribution < -0.4 is 11.2 Å². The summed E-state index contributed by atoms with van der Waals surface area (Å²) in [5, 5.41) is -0.394. The second kappa shape index (κ2) is 4.37. The first-order chi connectivity index (χ1) is 9.15. The highest BCUT2D eigenvalue weighted by atomic mass is 35.5. The molecule has 0 N–H and O–H groups in total. The highest BCUT2D eigenvalue weighted by Crippen LogP contribution is 2.20. The molecule has 2 heterocycles. The first kappa shape index (κ1) is 11.7. The number of benzene rings is 1. The SMILES string of the molecule is O=c1nc(-c2ccccc2)oc2cc(Cl)oc(=O)c12. The van der Waals surface area contributed by atoms with Crippen molar-refractivity contribution in [3.8, 4) is 11.5 Å². The first-order valence-corrected chi connectivity index (χ1v) is 5.73. The van der Waals surface area contributed by atoms with E-state index in [2.05, 4.69) is 9.40 Å². The second-order valence-corrected chi connectivity index (χ2v) is 4.14. The topological polar surface area (TPSA) is 73.3 Å². The van der Waals surface area contributed by atoms with Gasteiger partial charge in [-0.15, -0.1) is 0 Å². The maximum absolute atomic E-state index is 11.8. The Bertz CT molecular complexity index is 867. The summed E-state index contributed by atoms with van der Waals surface area (Å²) in [4.78, 5) is 27.1. The minimum absolute atomic E-state index is 0.0557. The van der Waals surface area contributed by atoms with Gasteiger partial charge < -0.3 is 8.83 Å².